The van der Waals surface area contributed by atoms with E-state index in [2.05, 4.69) is 15.5 Å². The van der Waals surface area contributed by atoms with Crippen LogP contribution in [-0.2, 0) is 0 Å². The Balaban J connectivity index is 2.25. The van der Waals surface area contributed by atoms with Gasteiger partial charge in [0.05, 0.1) is 17.3 Å². The van der Waals surface area contributed by atoms with Crippen molar-refractivity contribution in [3.8, 4) is 6.07 Å². The fourth-order valence-electron chi connectivity index (χ4n) is 1.22. The molecule has 0 fully saturated rings. The molecule has 0 amide bonds. The van der Waals surface area contributed by atoms with Crippen molar-refractivity contribution >= 4 is 34.6 Å². The molecule has 1 heterocycles. The van der Waals surface area contributed by atoms with Gasteiger partial charge in [-0.25, -0.2) is 0 Å². The predicted octanol–water partition coefficient (Wildman–Crippen LogP) is 3.40. The molecule has 1 aromatic heterocycles. The lowest BCUT2D eigenvalue weighted by Gasteiger charge is -2.07. The van der Waals surface area contributed by atoms with Crippen molar-refractivity contribution in [2.24, 2.45) is 0 Å². The first kappa shape index (κ1) is 11.6. The molecule has 0 saturated heterocycles. The van der Waals surface area contributed by atoms with Crippen LogP contribution in [0.3, 0.4) is 0 Å². The van der Waals surface area contributed by atoms with Crippen molar-refractivity contribution in [2.75, 3.05) is 5.32 Å². The minimum atomic E-state index is 0.235. The molecule has 1 N–H and O–H groups in total. The molecule has 0 radical (unpaired) electrons. The van der Waals surface area contributed by atoms with Gasteiger partial charge in [0, 0.05) is 11.8 Å². The summed E-state index contributed by atoms with van der Waals surface area (Å²) in [5.74, 6) is 0. The maximum absolute atomic E-state index is 8.67. The molecule has 0 saturated carbocycles. The summed E-state index contributed by atoms with van der Waals surface area (Å²) in [5.41, 5.74) is 1.94. The first-order chi connectivity index (χ1) is 8.19. The van der Waals surface area contributed by atoms with E-state index in [-0.39, 0.29) is 10.3 Å². The second kappa shape index (κ2) is 5.00. The molecular weight excluding hydrogens is 259 g/mol. The Hall–Kier alpha value is -1.83. The molecule has 1 aromatic carbocycles. The van der Waals surface area contributed by atoms with Gasteiger partial charge < -0.3 is 5.32 Å². The van der Waals surface area contributed by atoms with Crippen molar-refractivity contribution in [2.45, 2.75) is 0 Å². The van der Waals surface area contributed by atoms with Gasteiger partial charge >= 0.3 is 0 Å². The van der Waals surface area contributed by atoms with Crippen LogP contribution in [0.25, 0.3) is 0 Å². The van der Waals surface area contributed by atoms with Crippen molar-refractivity contribution in [3.63, 3.8) is 0 Å². The zero-order chi connectivity index (χ0) is 12.3. The van der Waals surface area contributed by atoms with Gasteiger partial charge in [-0.05, 0) is 24.3 Å². The number of nitrogens with one attached hydrogen (secondary N) is 1. The van der Waals surface area contributed by atoms with Crippen molar-refractivity contribution in [1.82, 2.24) is 10.2 Å². The fourth-order valence-corrected chi connectivity index (χ4v) is 1.51. The van der Waals surface area contributed by atoms with E-state index in [1.807, 2.05) is 6.07 Å². The molecule has 0 aliphatic heterocycles. The molecule has 17 heavy (non-hydrogen) atoms. The predicted molar refractivity (Wildman–Crippen MR) is 66.5 cm³/mol. The monoisotopic (exact) mass is 264 g/mol. The summed E-state index contributed by atoms with van der Waals surface area (Å²) in [6.07, 6.45) is 0. The fraction of sp³-hybridized carbons (Fsp3) is 0. The van der Waals surface area contributed by atoms with Gasteiger partial charge in [0.2, 0.25) is 0 Å². The van der Waals surface area contributed by atoms with Crippen LogP contribution in [0.15, 0.2) is 30.3 Å². The molecule has 0 bridgehead atoms. The molecule has 6 heteroatoms. The van der Waals surface area contributed by atoms with E-state index in [1.54, 1.807) is 30.3 Å². The Morgan fingerprint density at radius 3 is 2.47 bits per heavy atom. The first-order valence-electron chi connectivity index (χ1n) is 4.65. The smallest absolute Gasteiger partial charge is 0.175 e. The molecule has 2 rings (SSSR count). The van der Waals surface area contributed by atoms with Crippen LogP contribution in [0.4, 0.5) is 11.4 Å². The largest absolute Gasteiger partial charge is 0.353 e. The van der Waals surface area contributed by atoms with Gasteiger partial charge in [0.1, 0.15) is 0 Å². The average molecular weight is 265 g/mol. The Kier molecular flexibility index (Phi) is 3.43. The lowest BCUT2D eigenvalue weighted by atomic mass is 10.2. The summed E-state index contributed by atoms with van der Waals surface area (Å²) < 4.78 is 0. The normalized spacial score (nSPS) is 9.71. The minimum Gasteiger partial charge on any atom is -0.353 e. The number of nitriles is 1. The Bertz CT molecular complexity index is 575. The summed E-state index contributed by atoms with van der Waals surface area (Å²) in [5, 5.41) is 19.5. The van der Waals surface area contributed by atoms with Gasteiger partial charge in [0.15, 0.2) is 10.3 Å². The van der Waals surface area contributed by atoms with Crippen LogP contribution in [0.1, 0.15) is 5.56 Å². The highest BCUT2D eigenvalue weighted by Gasteiger charge is 2.04. The standard InChI is InChI=1S/C11H6Cl2N4/c12-10-5-9(11(13)17-16-10)15-8-3-1-7(6-14)2-4-8/h1-5H,(H,15,16). The number of anilines is 2. The maximum Gasteiger partial charge on any atom is 0.175 e. The van der Waals surface area contributed by atoms with E-state index in [1.165, 1.54) is 0 Å². The van der Waals surface area contributed by atoms with Gasteiger partial charge in [-0.2, -0.15) is 5.26 Å². The number of benzene rings is 1. The number of nitrogens with zero attached hydrogens (tertiary/aromatic N) is 3. The van der Waals surface area contributed by atoms with E-state index in [9.17, 15) is 0 Å². The Morgan fingerprint density at radius 1 is 1.12 bits per heavy atom. The van der Waals surface area contributed by atoms with Crippen LogP contribution in [0.5, 0.6) is 0 Å². The number of halogens is 2. The highest BCUT2D eigenvalue weighted by atomic mass is 35.5. The molecule has 0 aliphatic rings. The Morgan fingerprint density at radius 2 is 1.82 bits per heavy atom. The van der Waals surface area contributed by atoms with E-state index in [0.717, 1.165) is 5.69 Å². The Labute approximate surface area is 108 Å². The molecule has 2 aromatic rings. The number of aromatic nitrogens is 2. The van der Waals surface area contributed by atoms with Gasteiger partial charge in [-0.3, -0.25) is 0 Å². The number of rotatable bonds is 2. The molecule has 4 nitrogen and oxygen atoms in total. The highest BCUT2D eigenvalue weighted by molar-refractivity contribution is 6.33. The van der Waals surface area contributed by atoms with Crippen LogP contribution in [0, 0.1) is 11.3 Å². The number of hydrogen-bond acceptors (Lipinski definition) is 4. The SMILES string of the molecule is N#Cc1ccc(Nc2cc(Cl)nnc2Cl)cc1. The lowest BCUT2D eigenvalue weighted by molar-refractivity contribution is 1.03. The summed E-state index contributed by atoms with van der Waals surface area (Å²) in [7, 11) is 0. The van der Waals surface area contributed by atoms with E-state index in [4.69, 9.17) is 28.5 Å². The summed E-state index contributed by atoms with van der Waals surface area (Å²) >= 11 is 11.6. The van der Waals surface area contributed by atoms with Crippen LogP contribution in [-0.4, -0.2) is 10.2 Å². The van der Waals surface area contributed by atoms with Crippen LogP contribution in [0.2, 0.25) is 10.3 Å². The maximum atomic E-state index is 8.67. The van der Waals surface area contributed by atoms with Gasteiger partial charge in [0.25, 0.3) is 0 Å². The zero-order valence-corrected chi connectivity index (χ0v) is 10.00. The average Bonchev–Trinajstić information content (AvgIpc) is 2.35. The van der Waals surface area contributed by atoms with Crippen LogP contribution >= 0.6 is 23.2 Å². The summed E-state index contributed by atoms with van der Waals surface area (Å²) in [6, 6.07) is 10.6. The molecular formula is C11H6Cl2N4. The van der Waals surface area contributed by atoms with Gasteiger partial charge in [-0.15, -0.1) is 10.2 Å². The van der Waals surface area contributed by atoms with Crippen molar-refractivity contribution < 1.29 is 0 Å². The molecule has 0 unspecified atom stereocenters. The second-order valence-electron chi connectivity index (χ2n) is 3.19. The quantitative estimate of drug-likeness (QED) is 0.903. The number of hydrogen-bond donors (Lipinski definition) is 1. The molecule has 0 spiro atoms. The minimum absolute atomic E-state index is 0.235. The molecule has 0 atom stereocenters. The topological polar surface area (TPSA) is 61.6 Å². The lowest BCUT2D eigenvalue weighted by Crippen LogP contribution is -1.94. The third kappa shape index (κ3) is 2.84. The van der Waals surface area contributed by atoms with E-state index >= 15 is 0 Å². The van der Waals surface area contributed by atoms with Crippen molar-refractivity contribution in [1.29, 1.82) is 5.26 Å². The van der Waals surface area contributed by atoms with E-state index in [0.29, 0.717) is 11.3 Å². The van der Waals surface area contributed by atoms with Gasteiger partial charge in [-0.1, -0.05) is 23.2 Å². The first-order valence-corrected chi connectivity index (χ1v) is 5.40. The molecule has 84 valence electrons. The van der Waals surface area contributed by atoms with Crippen LogP contribution < -0.4 is 5.32 Å². The zero-order valence-electron chi connectivity index (χ0n) is 8.48. The highest BCUT2D eigenvalue weighted by Crippen LogP contribution is 2.24. The summed E-state index contributed by atoms with van der Waals surface area (Å²) in [6.45, 7) is 0. The third-order valence-corrected chi connectivity index (χ3v) is 2.48. The summed E-state index contributed by atoms with van der Waals surface area (Å²) in [4.78, 5) is 0. The molecule has 0 aliphatic carbocycles. The third-order valence-electron chi connectivity index (χ3n) is 2.01. The second-order valence-corrected chi connectivity index (χ2v) is 3.93. The van der Waals surface area contributed by atoms with Crippen molar-refractivity contribution in [3.05, 3.63) is 46.2 Å². The van der Waals surface area contributed by atoms with E-state index < -0.39 is 0 Å².